The molecular formula is C17H12F2N4. The van der Waals surface area contributed by atoms with Crippen LogP contribution in [0.25, 0.3) is 16.6 Å². The van der Waals surface area contributed by atoms with Crippen LogP contribution in [0.3, 0.4) is 0 Å². The normalized spacial score (nSPS) is 12.8. The number of benzene rings is 1. The second-order valence-electron chi connectivity index (χ2n) is 5.35. The fourth-order valence-electron chi connectivity index (χ4n) is 2.85. The molecule has 3 heterocycles. The number of hydrogen-bond donors (Lipinski definition) is 0. The van der Waals surface area contributed by atoms with E-state index in [-0.39, 0.29) is 5.56 Å². The molecule has 0 unspecified atom stereocenters. The van der Waals surface area contributed by atoms with Crippen LogP contribution in [-0.2, 0) is 0 Å². The number of fused-ring (bicyclic) bond motifs is 2. The van der Waals surface area contributed by atoms with Crippen LogP contribution in [0.4, 0.5) is 8.78 Å². The molecule has 3 aromatic heterocycles. The highest BCUT2D eigenvalue weighted by atomic mass is 19.1. The van der Waals surface area contributed by atoms with Gasteiger partial charge in [-0.3, -0.25) is 4.98 Å². The highest BCUT2D eigenvalue weighted by molar-refractivity contribution is 5.80. The van der Waals surface area contributed by atoms with E-state index in [1.807, 2.05) is 0 Å². The zero-order chi connectivity index (χ0) is 16.0. The molecule has 0 aliphatic rings. The molecule has 4 rings (SSSR count). The second-order valence-corrected chi connectivity index (χ2v) is 5.35. The van der Waals surface area contributed by atoms with Crippen LogP contribution >= 0.6 is 0 Å². The van der Waals surface area contributed by atoms with Gasteiger partial charge in [-0.15, -0.1) is 0 Å². The Labute approximate surface area is 130 Å². The predicted molar refractivity (Wildman–Crippen MR) is 82.2 cm³/mol. The molecule has 0 saturated heterocycles. The fraction of sp³-hybridized carbons (Fsp3) is 0.118. The fourth-order valence-corrected chi connectivity index (χ4v) is 2.85. The largest absolute Gasteiger partial charge is 0.256 e. The van der Waals surface area contributed by atoms with Gasteiger partial charge in [0, 0.05) is 35.3 Å². The summed E-state index contributed by atoms with van der Waals surface area (Å²) in [7, 11) is 0. The molecule has 4 nitrogen and oxygen atoms in total. The highest BCUT2D eigenvalue weighted by Crippen LogP contribution is 2.32. The highest BCUT2D eigenvalue weighted by Gasteiger charge is 2.23. The number of halogens is 2. The summed E-state index contributed by atoms with van der Waals surface area (Å²) in [6, 6.07) is 8.05. The van der Waals surface area contributed by atoms with Gasteiger partial charge in [-0.1, -0.05) is 6.92 Å². The van der Waals surface area contributed by atoms with Gasteiger partial charge in [0.2, 0.25) is 0 Å². The first-order valence-electron chi connectivity index (χ1n) is 7.18. The third-order valence-electron chi connectivity index (χ3n) is 4.01. The molecule has 0 saturated carbocycles. The molecule has 114 valence electrons. The summed E-state index contributed by atoms with van der Waals surface area (Å²) in [5, 5.41) is 4.51. The van der Waals surface area contributed by atoms with Gasteiger partial charge in [0.15, 0.2) is 5.65 Å². The van der Waals surface area contributed by atoms with Gasteiger partial charge < -0.3 is 0 Å². The number of pyridine rings is 1. The van der Waals surface area contributed by atoms with Gasteiger partial charge in [-0.05, 0) is 24.3 Å². The lowest BCUT2D eigenvalue weighted by Gasteiger charge is -2.14. The lowest BCUT2D eigenvalue weighted by Crippen LogP contribution is -2.08. The molecule has 0 aliphatic carbocycles. The monoisotopic (exact) mass is 310 g/mol. The zero-order valence-corrected chi connectivity index (χ0v) is 12.2. The maximum absolute atomic E-state index is 14.8. The number of hydrogen-bond acceptors (Lipinski definition) is 3. The third-order valence-corrected chi connectivity index (χ3v) is 4.01. The first-order valence-corrected chi connectivity index (χ1v) is 7.18. The Kier molecular flexibility index (Phi) is 3.04. The van der Waals surface area contributed by atoms with Crippen molar-refractivity contribution in [1.82, 2.24) is 19.6 Å². The summed E-state index contributed by atoms with van der Waals surface area (Å²) in [5.74, 6) is -1.75. The van der Waals surface area contributed by atoms with E-state index in [0.717, 1.165) is 0 Å². The summed E-state index contributed by atoms with van der Waals surface area (Å²) in [6.45, 7) is 1.74. The summed E-state index contributed by atoms with van der Waals surface area (Å²) in [4.78, 5) is 8.24. The second kappa shape index (κ2) is 5.08. The topological polar surface area (TPSA) is 43.1 Å². The molecule has 0 N–H and O–H groups in total. The third kappa shape index (κ3) is 2.06. The van der Waals surface area contributed by atoms with Gasteiger partial charge in [-0.25, -0.2) is 18.3 Å². The van der Waals surface area contributed by atoms with Crippen molar-refractivity contribution in [2.24, 2.45) is 0 Å². The number of rotatable bonds is 2. The minimum absolute atomic E-state index is 0.00190. The van der Waals surface area contributed by atoms with Crippen molar-refractivity contribution >= 4 is 16.6 Å². The molecule has 1 aromatic carbocycles. The average Bonchev–Trinajstić information content (AvgIpc) is 2.99. The SMILES string of the molecule is C[C@@H](c1c(F)cc2ncccc2c1F)c1cnc2cccnn12. The minimum atomic E-state index is -0.618. The summed E-state index contributed by atoms with van der Waals surface area (Å²) in [6.07, 6.45) is 4.72. The van der Waals surface area contributed by atoms with Gasteiger partial charge >= 0.3 is 0 Å². The van der Waals surface area contributed by atoms with Crippen LogP contribution in [0.5, 0.6) is 0 Å². The van der Waals surface area contributed by atoms with Crippen molar-refractivity contribution in [2.45, 2.75) is 12.8 Å². The van der Waals surface area contributed by atoms with E-state index in [0.29, 0.717) is 22.2 Å². The van der Waals surface area contributed by atoms with Gasteiger partial charge in [0.25, 0.3) is 0 Å². The van der Waals surface area contributed by atoms with E-state index in [4.69, 9.17) is 0 Å². The Morgan fingerprint density at radius 3 is 2.78 bits per heavy atom. The van der Waals surface area contributed by atoms with Gasteiger partial charge in [0.05, 0.1) is 17.4 Å². The van der Waals surface area contributed by atoms with Crippen LogP contribution in [0, 0.1) is 11.6 Å². The van der Waals surface area contributed by atoms with Crippen LogP contribution in [0.1, 0.15) is 24.1 Å². The van der Waals surface area contributed by atoms with Crippen molar-refractivity contribution < 1.29 is 8.78 Å². The minimum Gasteiger partial charge on any atom is -0.256 e. The lowest BCUT2D eigenvalue weighted by atomic mass is 9.95. The maximum Gasteiger partial charge on any atom is 0.153 e. The number of imidazole rings is 1. The average molecular weight is 310 g/mol. The Balaban J connectivity index is 1.95. The molecule has 0 bridgehead atoms. The molecule has 0 spiro atoms. The van der Waals surface area contributed by atoms with Gasteiger partial charge in [-0.2, -0.15) is 5.10 Å². The predicted octanol–water partition coefficient (Wildman–Crippen LogP) is 3.71. The van der Waals surface area contributed by atoms with Crippen molar-refractivity contribution in [2.75, 3.05) is 0 Å². The van der Waals surface area contributed by atoms with E-state index in [9.17, 15) is 8.78 Å². The lowest BCUT2D eigenvalue weighted by molar-refractivity contribution is 0.551. The molecule has 1 atom stereocenters. The van der Waals surface area contributed by atoms with E-state index >= 15 is 0 Å². The maximum atomic E-state index is 14.8. The molecular weight excluding hydrogens is 298 g/mol. The molecule has 23 heavy (non-hydrogen) atoms. The molecule has 0 amide bonds. The van der Waals surface area contributed by atoms with Crippen LogP contribution in [0.15, 0.2) is 48.9 Å². The number of nitrogens with zero attached hydrogens (tertiary/aromatic N) is 4. The zero-order valence-electron chi connectivity index (χ0n) is 12.2. The Morgan fingerprint density at radius 2 is 1.91 bits per heavy atom. The first-order chi connectivity index (χ1) is 11.2. The van der Waals surface area contributed by atoms with E-state index in [1.165, 1.54) is 12.3 Å². The first kappa shape index (κ1) is 13.8. The van der Waals surface area contributed by atoms with E-state index in [1.54, 1.807) is 48.1 Å². The van der Waals surface area contributed by atoms with Crippen LogP contribution in [0.2, 0.25) is 0 Å². The quantitative estimate of drug-likeness (QED) is 0.567. The van der Waals surface area contributed by atoms with E-state index in [2.05, 4.69) is 15.1 Å². The standard InChI is InChI=1S/C17H12F2N4/c1-10(14-9-21-15-5-3-7-22-23(14)15)16-12(18)8-13-11(17(16)19)4-2-6-20-13/h2-10H,1H3/t10-/m1/s1. The smallest absolute Gasteiger partial charge is 0.153 e. The van der Waals surface area contributed by atoms with Crippen molar-refractivity contribution in [3.8, 4) is 0 Å². The van der Waals surface area contributed by atoms with Crippen molar-refractivity contribution in [3.05, 3.63) is 71.8 Å². The molecule has 0 fully saturated rings. The molecule has 0 radical (unpaired) electrons. The molecule has 6 heteroatoms. The van der Waals surface area contributed by atoms with Crippen LogP contribution < -0.4 is 0 Å². The summed E-state index contributed by atoms with van der Waals surface area (Å²) < 4.78 is 30.9. The van der Waals surface area contributed by atoms with E-state index < -0.39 is 17.6 Å². The van der Waals surface area contributed by atoms with Crippen molar-refractivity contribution in [3.63, 3.8) is 0 Å². The molecule has 4 aromatic rings. The van der Waals surface area contributed by atoms with Gasteiger partial charge in [0.1, 0.15) is 11.6 Å². The Hall–Kier alpha value is -2.89. The molecule has 0 aliphatic heterocycles. The van der Waals surface area contributed by atoms with Crippen molar-refractivity contribution in [1.29, 1.82) is 0 Å². The Morgan fingerprint density at radius 1 is 1.09 bits per heavy atom. The van der Waals surface area contributed by atoms with Crippen LogP contribution in [-0.4, -0.2) is 19.6 Å². The summed E-state index contributed by atoms with van der Waals surface area (Å²) in [5.41, 5.74) is 1.56. The Bertz CT molecular complexity index is 1030. The summed E-state index contributed by atoms with van der Waals surface area (Å²) >= 11 is 0. The number of aromatic nitrogens is 4.